The molecule has 2 N–H and O–H groups in total. The lowest BCUT2D eigenvalue weighted by Gasteiger charge is -2.21. The van der Waals surface area contributed by atoms with Crippen LogP contribution in [0.3, 0.4) is 0 Å². The summed E-state index contributed by atoms with van der Waals surface area (Å²) in [4.78, 5) is 13.0. The van der Waals surface area contributed by atoms with E-state index in [9.17, 15) is 9.18 Å². The third kappa shape index (κ3) is 3.58. The van der Waals surface area contributed by atoms with Gasteiger partial charge in [0.05, 0.1) is 12.6 Å². The summed E-state index contributed by atoms with van der Waals surface area (Å²) in [7, 11) is 1.54. The first kappa shape index (κ1) is 14.7. The van der Waals surface area contributed by atoms with Crippen molar-refractivity contribution in [1.29, 1.82) is 0 Å². The normalized spacial score (nSPS) is 12.1. The van der Waals surface area contributed by atoms with Crippen LogP contribution in [0.5, 0.6) is 0 Å². The molecule has 100 valence electrons. The van der Waals surface area contributed by atoms with Gasteiger partial charge >= 0.3 is 6.03 Å². The molecular formula is C12H16ClFN2O2. The summed E-state index contributed by atoms with van der Waals surface area (Å²) in [6.07, 6.45) is 0. The molecule has 6 heteroatoms. The van der Waals surface area contributed by atoms with E-state index in [1.54, 1.807) is 20.0 Å². The number of halogens is 2. The van der Waals surface area contributed by atoms with Crippen LogP contribution in [-0.4, -0.2) is 36.2 Å². The largest absolute Gasteiger partial charge is 0.395 e. The zero-order chi connectivity index (χ0) is 13.7. The van der Waals surface area contributed by atoms with Gasteiger partial charge < -0.3 is 15.3 Å². The summed E-state index contributed by atoms with van der Waals surface area (Å²) in [5.74, 6) is -0.458. The van der Waals surface area contributed by atoms with Gasteiger partial charge in [0.2, 0.25) is 0 Å². The minimum atomic E-state index is -0.549. The Hall–Kier alpha value is -1.33. The second-order valence-corrected chi connectivity index (χ2v) is 4.36. The monoisotopic (exact) mass is 274 g/mol. The Morgan fingerprint density at radius 1 is 1.61 bits per heavy atom. The van der Waals surface area contributed by atoms with Gasteiger partial charge in [0.25, 0.3) is 0 Å². The Bertz CT molecular complexity index is 408. The van der Waals surface area contributed by atoms with E-state index in [2.05, 4.69) is 5.32 Å². The first-order valence-electron chi connectivity index (χ1n) is 5.53. The molecule has 0 saturated carbocycles. The van der Waals surface area contributed by atoms with Crippen molar-refractivity contribution in [2.24, 2.45) is 0 Å². The quantitative estimate of drug-likeness (QED) is 0.884. The molecule has 4 nitrogen and oxygen atoms in total. The van der Waals surface area contributed by atoms with Crippen molar-refractivity contribution in [1.82, 2.24) is 10.2 Å². The van der Waals surface area contributed by atoms with Crippen molar-refractivity contribution in [3.63, 3.8) is 0 Å². The average molecular weight is 275 g/mol. The van der Waals surface area contributed by atoms with Gasteiger partial charge in [-0.2, -0.15) is 0 Å². The van der Waals surface area contributed by atoms with Gasteiger partial charge in [0.15, 0.2) is 0 Å². The molecule has 1 rings (SSSR count). The molecule has 1 atom stereocenters. The highest BCUT2D eigenvalue weighted by Crippen LogP contribution is 2.25. The average Bonchev–Trinajstić information content (AvgIpc) is 2.28. The standard InChI is InChI=1S/C12H16ClFN2O2/c1-8(15-12(18)16(2)6-7-17)11-9(13)4-3-5-10(11)14/h3-5,8,17H,6-7H2,1-2H3,(H,15,18). The van der Waals surface area contributed by atoms with Crippen LogP contribution in [0.4, 0.5) is 9.18 Å². The number of carbonyl (C=O) groups is 1. The lowest BCUT2D eigenvalue weighted by Crippen LogP contribution is -2.40. The molecule has 0 heterocycles. The second kappa shape index (κ2) is 6.56. The van der Waals surface area contributed by atoms with E-state index in [-0.39, 0.29) is 23.7 Å². The van der Waals surface area contributed by atoms with Gasteiger partial charge in [-0.05, 0) is 19.1 Å². The van der Waals surface area contributed by atoms with E-state index in [1.165, 1.54) is 17.0 Å². The zero-order valence-corrected chi connectivity index (χ0v) is 11.0. The molecule has 0 aromatic heterocycles. The lowest BCUT2D eigenvalue weighted by atomic mass is 10.1. The Morgan fingerprint density at radius 2 is 2.28 bits per heavy atom. The topological polar surface area (TPSA) is 52.6 Å². The third-order valence-electron chi connectivity index (χ3n) is 2.55. The summed E-state index contributed by atoms with van der Waals surface area (Å²) in [5, 5.41) is 11.6. The fourth-order valence-electron chi connectivity index (χ4n) is 1.54. The molecule has 0 bridgehead atoms. The SMILES string of the molecule is CC(NC(=O)N(C)CCO)c1c(F)cccc1Cl. The molecular weight excluding hydrogens is 259 g/mol. The smallest absolute Gasteiger partial charge is 0.317 e. The number of benzene rings is 1. The van der Waals surface area contributed by atoms with E-state index in [0.717, 1.165) is 0 Å². The van der Waals surface area contributed by atoms with Crippen LogP contribution in [0.2, 0.25) is 5.02 Å². The first-order valence-corrected chi connectivity index (χ1v) is 5.91. The molecule has 1 unspecified atom stereocenters. The predicted molar refractivity (Wildman–Crippen MR) is 68.1 cm³/mol. The van der Waals surface area contributed by atoms with Gasteiger partial charge in [-0.3, -0.25) is 0 Å². The first-order chi connectivity index (χ1) is 8.47. The van der Waals surface area contributed by atoms with E-state index in [0.29, 0.717) is 0 Å². The number of aliphatic hydroxyl groups is 1. The zero-order valence-electron chi connectivity index (χ0n) is 10.3. The van der Waals surface area contributed by atoms with Crippen molar-refractivity contribution in [2.75, 3.05) is 20.2 Å². The number of nitrogens with zero attached hydrogens (tertiary/aromatic N) is 1. The van der Waals surface area contributed by atoms with Gasteiger partial charge in [-0.25, -0.2) is 9.18 Å². The van der Waals surface area contributed by atoms with Crippen molar-refractivity contribution < 1.29 is 14.3 Å². The number of aliphatic hydroxyl groups excluding tert-OH is 1. The Morgan fingerprint density at radius 3 is 2.83 bits per heavy atom. The maximum atomic E-state index is 13.6. The lowest BCUT2D eigenvalue weighted by molar-refractivity contribution is 0.187. The van der Waals surface area contributed by atoms with Gasteiger partial charge in [0.1, 0.15) is 5.82 Å². The minimum Gasteiger partial charge on any atom is -0.395 e. The van der Waals surface area contributed by atoms with Gasteiger partial charge in [-0.15, -0.1) is 0 Å². The molecule has 0 aliphatic heterocycles. The molecule has 2 amide bonds. The Kier molecular flexibility index (Phi) is 5.37. The molecule has 18 heavy (non-hydrogen) atoms. The summed E-state index contributed by atoms with van der Waals surface area (Å²) in [6, 6.07) is 3.43. The predicted octanol–water partition coefficient (Wildman–Crippen LogP) is 2.17. The van der Waals surface area contributed by atoms with Crippen molar-refractivity contribution in [3.05, 3.63) is 34.6 Å². The number of nitrogens with one attached hydrogen (secondary N) is 1. The molecule has 1 aromatic carbocycles. The summed E-state index contributed by atoms with van der Waals surface area (Å²) in [6.45, 7) is 1.73. The van der Waals surface area contributed by atoms with Gasteiger partial charge in [0, 0.05) is 24.2 Å². The van der Waals surface area contributed by atoms with Crippen LogP contribution < -0.4 is 5.32 Å². The summed E-state index contributed by atoms with van der Waals surface area (Å²) >= 11 is 5.90. The molecule has 0 radical (unpaired) electrons. The van der Waals surface area contributed by atoms with Crippen molar-refractivity contribution >= 4 is 17.6 Å². The van der Waals surface area contributed by atoms with Crippen LogP contribution in [0.25, 0.3) is 0 Å². The number of hydrogen-bond donors (Lipinski definition) is 2. The van der Waals surface area contributed by atoms with Crippen molar-refractivity contribution in [3.8, 4) is 0 Å². The van der Waals surface area contributed by atoms with Crippen LogP contribution >= 0.6 is 11.6 Å². The number of likely N-dealkylation sites (N-methyl/N-ethyl adjacent to an activating group) is 1. The third-order valence-corrected chi connectivity index (χ3v) is 2.88. The fourth-order valence-corrected chi connectivity index (χ4v) is 1.87. The summed E-state index contributed by atoms with van der Waals surface area (Å²) < 4.78 is 13.6. The maximum absolute atomic E-state index is 13.6. The molecule has 0 spiro atoms. The highest BCUT2D eigenvalue weighted by Gasteiger charge is 2.18. The van der Waals surface area contributed by atoms with Crippen molar-refractivity contribution in [2.45, 2.75) is 13.0 Å². The second-order valence-electron chi connectivity index (χ2n) is 3.95. The Balaban J connectivity index is 2.76. The number of amides is 2. The van der Waals surface area contributed by atoms with E-state index >= 15 is 0 Å². The summed E-state index contributed by atoms with van der Waals surface area (Å²) in [5.41, 5.74) is 0.255. The highest BCUT2D eigenvalue weighted by molar-refractivity contribution is 6.31. The van der Waals surface area contributed by atoms with E-state index in [4.69, 9.17) is 16.7 Å². The van der Waals surface area contributed by atoms with Crippen LogP contribution in [0.15, 0.2) is 18.2 Å². The van der Waals surface area contributed by atoms with Crippen LogP contribution in [0.1, 0.15) is 18.5 Å². The maximum Gasteiger partial charge on any atom is 0.317 e. The molecule has 1 aromatic rings. The van der Waals surface area contributed by atoms with E-state index < -0.39 is 17.9 Å². The fraction of sp³-hybridized carbons (Fsp3) is 0.417. The number of rotatable bonds is 4. The molecule has 0 saturated heterocycles. The van der Waals surface area contributed by atoms with Crippen LogP contribution in [-0.2, 0) is 0 Å². The number of hydrogen-bond acceptors (Lipinski definition) is 2. The molecule has 0 aliphatic carbocycles. The molecule has 0 aliphatic rings. The van der Waals surface area contributed by atoms with Gasteiger partial charge in [-0.1, -0.05) is 17.7 Å². The highest BCUT2D eigenvalue weighted by atomic mass is 35.5. The van der Waals surface area contributed by atoms with E-state index in [1.807, 2.05) is 0 Å². The minimum absolute atomic E-state index is 0.126. The Labute approximate surface area is 110 Å². The number of carbonyl (C=O) groups excluding carboxylic acids is 1. The van der Waals surface area contributed by atoms with Crippen LogP contribution in [0, 0.1) is 5.82 Å². The molecule has 0 fully saturated rings. The number of urea groups is 1.